The fourth-order valence-electron chi connectivity index (χ4n) is 3.58. The van der Waals surface area contributed by atoms with Crippen molar-refractivity contribution in [2.45, 2.75) is 45.3 Å². The van der Waals surface area contributed by atoms with Crippen molar-refractivity contribution in [3.8, 4) is 0 Å². The quantitative estimate of drug-likeness (QED) is 0.727. The van der Waals surface area contributed by atoms with Gasteiger partial charge >= 0.3 is 0 Å². The summed E-state index contributed by atoms with van der Waals surface area (Å²) in [5.41, 5.74) is 3.26. The zero-order chi connectivity index (χ0) is 20.9. The highest BCUT2D eigenvalue weighted by molar-refractivity contribution is 7.92. The molecule has 2 aromatic rings. The molecule has 0 radical (unpaired) electrons. The van der Waals surface area contributed by atoms with E-state index in [0.29, 0.717) is 23.8 Å². The first-order valence-corrected chi connectivity index (χ1v) is 11.9. The molecule has 1 saturated heterocycles. The zero-order valence-electron chi connectivity index (χ0n) is 17.0. The molecule has 1 fully saturated rings. The molecule has 0 aromatic heterocycles. The Kier molecular flexibility index (Phi) is 6.92. The van der Waals surface area contributed by atoms with Crippen LogP contribution in [0.2, 0.25) is 0 Å². The van der Waals surface area contributed by atoms with Crippen molar-refractivity contribution >= 4 is 21.6 Å². The van der Waals surface area contributed by atoms with E-state index in [-0.39, 0.29) is 5.91 Å². The molecule has 1 atom stereocenters. The van der Waals surface area contributed by atoms with Gasteiger partial charge in [-0.1, -0.05) is 30.7 Å². The van der Waals surface area contributed by atoms with Gasteiger partial charge < -0.3 is 5.32 Å². The van der Waals surface area contributed by atoms with E-state index in [0.717, 1.165) is 24.9 Å². The van der Waals surface area contributed by atoms with Crippen LogP contribution in [-0.2, 0) is 23.1 Å². The lowest BCUT2D eigenvalue weighted by Crippen LogP contribution is -2.36. The molecule has 1 heterocycles. The summed E-state index contributed by atoms with van der Waals surface area (Å²) in [6.45, 7) is 4.88. The van der Waals surface area contributed by atoms with Crippen molar-refractivity contribution in [1.29, 1.82) is 0 Å². The summed E-state index contributed by atoms with van der Waals surface area (Å²) in [5, 5.41) is 2.90. The Labute approximate surface area is 173 Å². The number of carbonyl (C=O) groups excluding carboxylic acids is 1. The molecule has 0 bridgehead atoms. The molecule has 0 aliphatic carbocycles. The normalized spacial score (nSPS) is 17.7. The number of anilines is 1. The van der Waals surface area contributed by atoms with Crippen LogP contribution in [0.25, 0.3) is 0 Å². The van der Waals surface area contributed by atoms with Gasteiger partial charge in [0.25, 0.3) is 5.91 Å². The monoisotopic (exact) mass is 415 g/mol. The first-order valence-electron chi connectivity index (χ1n) is 9.98. The predicted molar refractivity (Wildman–Crippen MR) is 116 cm³/mol. The lowest BCUT2D eigenvalue weighted by Gasteiger charge is -2.33. The number of likely N-dealkylation sites (tertiary alicyclic amines) is 1. The lowest BCUT2D eigenvalue weighted by atomic mass is 10.0. The minimum absolute atomic E-state index is 0.192. The SMILES string of the molecule is C[C@@H]1CCCCN1Cc1ccc(CNC(=O)c2ccc(NS(C)(=O)=O)cc2)cc1. The maximum absolute atomic E-state index is 12.3. The summed E-state index contributed by atoms with van der Waals surface area (Å²) >= 11 is 0. The topological polar surface area (TPSA) is 78.5 Å². The van der Waals surface area contributed by atoms with Gasteiger partial charge in [-0.2, -0.15) is 0 Å². The molecular formula is C22H29N3O3S. The highest BCUT2D eigenvalue weighted by atomic mass is 32.2. The minimum atomic E-state index is -3.33. The molecule has 0 spiro atoms. The summed E-state index contributed by atoms with van der Waals surface area (Å²) in [6.07, 6.45) is 4.97. The van der Waals surface area contributed by atoms with Crippen molar-refractivity contribution in [2.75, 3.05) is 17.5 Å². The summed E-state index contributed by atoms with van der Waals surface area (Å²) < 4.78 is 24.9. The van der Waals surface area contributed by atoms with Crippen molar-refractivity contribution in [3.05, 3.63) is 65.2 Å². The molecular weight excluding hydrogens is 386 g/mol. The van der Waals surface area contributed by atoms with Crippen molar-refractivity contribution in [2.24, 2.45) is 0 Å². The van der Waals surface area contributed by atoms with Crippen LogP contribution in [0.5, 0.6) is 0 Å². The van der Waals surface area contributed by atoms with Crippen LogP contribution in [-0.4, -0.2) is 38.1 Å². The van der Waals surface area contributed by atoms with E-state index < -0.39 is 10.0 Å². The van der Waals surface area contributed by atoms with E-state index >= 15 is 0 Å². The van der Waals surface area contributed by atoms with E-state index in [1.165, 1.54) is 24.8 Å². The second kappa shape index (κ2) is 9.41. The number of amides is 1. The van der Waals surface area contributed by atoms with Gasteiger partial charge in [0.15, 0.2) is 0 Å². The Morgan fingerprint density at radius 3 is 2.31 bits per heavy atom. The Bertz CT molecular complexity index is 925. The molecule has 0 saturated carbocycles. The largest absolute Gasteiger partial charge is 0.348 e. The first kappa shape index (κ1) is 21.3. The third kappa shape index (κ3) is 6.58. The second-order valence-electron chi connectivity index (χ2n) is 7.77. The van der Waals surface area contributed by atoms with Gasteiger partial charge in [-0.25, -0.2) is 8.42 Å². The maximum atomic E-state index is 12.3. The van der Waals surface area contributed by atoms with Gasteiger partial charge in [0, 0.05) is 30.4 Å². The molecule has 3 rings (SSSR count). The van der Waals surface area contributed by atoms with Crippen molar-refractivity contribution in [1.82, 2.24) is 10.2 Å². The molecule has 7 heteroatoms. The number of benzene rings is 2. The Hall–Kier alpha value is -2.38. The molecule has 1 amide bonds. The Morgan fingerprint density at radius 1 is 1.03 bits per heavy atom. The standard InChI is InChI=1S/C22H29N3O3S/c1-17-5-3-4-14-25(17)16-19-8-6-18(7-9-19)15-23-22(26)20-10-12-21(13-11-20)24-29(2,27)28/h6-13,17,24H,3-5,14-16H2,1-2H3,(H,23,26)/t17-/m1/s1. The van der Waals surface area contributed by atoms with Gasteiger partial charge in [0.1, 0.15) is 0 Å². The third-order valence-corrected chi connectivity index (χ3v) is 5.86. The fourth-order valence-corrected chi connectivity index (χ4v) is 4.14. The third-order valence-electron chi connectivity index (χ3n) is 5.25. The van der Waals surface area contributed by atoms with Gasteiger partial charge in [-0.15, -0.1) is 0 Å². The van der Waals surface area contributed by atoms with E-state index in [2.05, 4.69) is 46.1 Å². The van der Waals surface area contributed by atoms with Gasteiger partial charge in [-0.3, -0.25) is 14.4 Å². The molecule has 1 aliphatic rings. The molecule has 2 aromatic carbocycles. The number of piperidine rings is 1. The van der Waals surface area contributed by atoms with E-state index in [9.17, 15) is 13.2 Å². The summed E-state index contributed by atoms with van der Waals surface area (Å²) in [4.78, 5) is 14.9. The number of nitrogens with zero attached hydrogens (tertiary/aromatic N) is 1. The van der Waals surface area contributed by atoms with Crippen LogP contribution < -0.4 is 10.0 Å². The number of sulfonamides is 1. The zero-order valence-corrected chi connectivity index (χ0v) is 17.8. The van der Waals surface area contributed by atoms with Gasteiger partial charge in [0.05, 0.1) is 6.26 Å². The lowest BCUT2D eigenvalue weighted by molar-refractivity contribution is 0.0951. The van der Waals surface area contributed by atoms with Crippen LogP contribution in [0.1, 0.15) is 47.7 Å². The van der Waals surface area contributed by atoms with Crippen molar-refractivity contribution in [3.63, 3.8) is 0 Å². The number of carbonyl (C=O) groups is 1. The average Bonchev–Trinajstić information content (AvgIpc) is 2.68. The molecule has 156 valence electrons. The highest BCUT2D eigenvalue weighted by Crippen LogP contribution is 2.19. The minimum Gasteiger partial charge on any atom is -0.348 e. The molecule has 2 N–H and O–H groups in total. The molecule has 6 nitrogen and oxygen atoms in total. The second-order valence-corrected chi connectivity index (χ2v) is 9.51. The summed E-state index contributed by atoms with van der Waals surface area (Å²) in [6, 6.07) is 15.4. The van der Waals surface area contributed by atoms with Gasteiger partial charge in [-0.05, 0) is 61.7 Å². The average molecular weight is 416 g/mol. The molecule has 29 heavy (non-hydrogen) atoms. The number of nitrogens with one attached hydrogen (secondary N) is 2. The van der Waals surface area contributed by atoms with Crippen molar-refractivity contribution < 1.29 is 13.2 Å². The molecule has 1 aliphatic heterocycles. The van der Waals surface area contributed by atoms with Gasteiger partial charge in [0.2, 0.25) is 10.0 Å². The summed E-state index contributed by atoms with van der Waals surface area (Å²) in [7, 11) is -3.33. The van der Waals surface area contributed by atoms with Crippen LogP contribution in [0.4, 0.5) is 5.69 Å². The van der Waals surface area contributed by atoms with E-state index in [1.807, 2.05) is 0 Å². The number of hydrogen-bond donors (Lipinski definition) is 2. The fraction of sp³-hybridized carbons (Fsp3) is 0.409. The van der Waals surface area contributed by atoms with Crippen LogP contribution >= 0.6 is 0 Å². The first-order chi connectivity index (χ1) is 13.8. The number of hydrogen-bond acceptors (Lipinski definition) is 4. The summed E-state index contributed by atoms with van der Waals surface area (Å²) in [5.74, 6) is -0.192. The number of rotatable bonds is 7. The van der Waals surface area contributed by atoms with Crippen LogP contribution in [0.15, 0.2) is 48.5 Å². The van der Waals surface area contributed by atoms with E-state index in [1.54, 1.807) is 24.3 Å². The maximum Gasteiger partial charge on any atom is 0.251 e. The molecule has 0 unspecified atom stereocenters. The Morgan fingerprint density at radius 2 is 1.69 bits per heavy atom. The predicted octanol–water partition coefficient (Wildman–Crippen LogP) is 3.36. The van der Waals surface area contributed by atoms with E-state index in [4.69, 9.17) is 0 Å². The highest BCUT2D eigenvalue weighted by Gasteiger charge is 2.18. The smallest absolute Gasteiger partial charge is 0.251 e. The van der Waals surface area contributed by atoms with Crippen LogP contribution in [0.3, 0.4) is 0 Å². The Balaban J connectivity index is 1.51. The van der Waals surface area contributed by atoms with Crippen LogP contribution in [0, 0.1) is 0 Å².